The highest BCUT2D eigenvalue weighted by Crippen LogP contribution is 2.24. The third kappa shape index (κ3) is 3.46. The third-order valence-corrected chi connectivity index (χ3v) is 3.11. The summed E-state index contributed by atoms with van der Waals surface area (Å²) in [5.74, 6) is -0.113. The van der Waals surface area contributed by atoms with Crippen molar-refractivity contribution in [3.8, 4) is 5.75 Å². The molecule has 0 saturated carbocycles. The number of fused-ring (bicyclic) bond motifs is 1. The maximum Gasteiger partial charge on any atom is 0.322 e. The van der Waals surface area contributed by atoms with Crippen molar-refractivity contribution in [1.29, 1.82) is 0 Å². The third-order valence-electron chi connectivity index (χ3n) is 3.11. The second kappa shape index (κ2) is 6.18. The molecule has 3 rings (SSSR count). The van der Waals surface area contributed by atoms with Gasteiger partial charge in [0.2, 0.25) is 5.95 Å². The Hall–Kier alpha value is -3.35. The molecule has 7 nitrogen and oxygen atoms in total. The normalized spacial score (nSPS) is 10.4. The van der Waals surface area contributed by atoms with E-state index >= 15 is 0 Å². The van der Waals surface area contributed by atoms with Gasteiger partial charge in [0.05, 0.1) is 5.52 Å². The first-order chi connectivity index (χ1) is 11.1. The van der Waals surface area contributed by atoms with Crippen LogP contribution in [0.4, 0.5) is 17.5 Å². The van der Waals surface area contributed by atoms with Gasteiger partial charge in [-0.2, -0.15) is 4.98 Å². The van der Waals surface area contributed by atoms with Gasteiger partial charge < -0.3 is 20.8 Å². The van der Waals surface area contributed by atoms with Crippen molar-refractivity contribution in [3.63, 3.8) is 0 Å². The van der Waals surface area contributed by atoms with Crippen LogP contribution in [0.25, 0.3) is 10.9 Å². The molecule has 0 aliphatic heterocycles. The Morgan fingerprint density at radius 1 is 1.09 bits per heavy atom. The Morgan fingerprint density at radius 2 is 1.91 bits per heavy atom. The van der Waals surface area contributed by atoms with E-state index in [2.05, 4.69) is 20.6 Å². The number of carboxylic acid groups (broad SMARTS) is 1. The number of carbonyl (C=O) groups is 1. The van der Waals surface area contributed by atoms with Crippen LogP contribution < -0.4 is 10.6 Å². The average molecular weight is 310 g/mol. The van der Waals surface area contributed by atoms with Crippen LogP contribution in [0.5, 0.6) is 5.75 Å². The molecule has 0 aliphatic carbocycles. The summed E-state index contributed by atoms with van der Waals surface area (Å²) in [4.78, 5) is 19.5. The van der Waals surface area contributed by atoms with E-state index in [4.69, 9.17) is 5.11 Å². The minimum Gasteiger partial charge on any atom is -0.508 e. The minimum atomic E-state index is -0.977. The zero-order chi connectivity index (χ0) is 16.2. The number of phenolic OH excluding ortho intramolecular Hbond substituents is 1. The van der Waals surface area contributed by atoms with Gasteiger partial charge in [0.15, 0.2) is 0 Å². The summed E-state index contributed by atoms with van der Waals surface area (Å²) in [7, 11) is 0. The number of para-hydroxylation sites is 1. The fraction of sp³-hybridized carbons (Fsp3) is 0.0625. The van der Waals surface area contributed by atoms with Crippen molar-refractivity contribution < 1.29 is 15.0 Å². The molecule has 116 valence electrons. The highest BCUT2D eigenvalue weighted by Gasteiger charge is 2.09. The Kier molecular flexibility index (Phi) is 3.92. The van der Waals surface area contributed by atoms with E-state index in [1.54, 1.807) is 24.3 Å². The number of aromatic nitrogens is 2. The van der Waals surface area contributed by atoms with E-state index in [1.165, 1.54) is 0 Å². The SMILES string of the molecule is O=C(O)CNc1nc(Nc2cccc(O)c2)nc2ccccc12. The van der Waals surface area contributed by atoms with Gasteiger partial charge in [-0.1, -0.05) is 18.2 Å². The summed E-state index contributed by atoms with van der Waals surface area (Å²) in [6, 6.07) is 13.9. The van der Waals surface area contributed by atoms with Crippen LogP contribution in [0.2, 0.25) is 0 Å². The van der Waals surface area contributed by atoms with Crippen LogP contribution in [0.3, 0.4) is 0 Å². The molecule has 0 bridgehead atoms. The van der Waals surface area contributed by atoms with E-state index in [9.17, 15) is 9.90 Å². The number of nitrogens with one attached hydrogen (secondary N) is 2. The van der Waals surface area contributed by atoms with Gasteiger partial charge in [0.25, 0.3) is 0 Å². The highest BCUT2D eigenvalue weighted by molar-refractivity contribution is 5.91. The van der Waals surface area contributed by atoms with Crippen LogP contribution in [-0.2, 0) is 4.79 Å². The van der Waals surface area contributed by atoms with Crippen LogP contribution in [-0.4, -0.2) is 32.7 Å². The number of rotatable bonds is 5. The van der Waals surface area contributed by atoms with Gasteiger partial charge >= 0.3 is 5.97 Å². The van der Waals surface area contributed by atoms with E-state index < -0.39 is 5.97 Å². The first kappa shape index (κ1) is 14.6. The van der Waals surface area contributed by atoms with Crippen molar-refractivity contribution >= 4 is 34.3 Å². The van der Waals surface area contributed by atoms with E-state index in [1.807, 2.05) is 24.3 Å². The molecule has 4 N–H and O–H groups in total. The van der Waals surface area contributed by atoms with Gasteiger partial charge in [0.1, 0.15) is 18.1 Å². The van der Waals surface area contributed by atoms with Crippen LogP contribution in [0.1, 0.15) is 0 Å². The maximum absolute atomic E-state index is 10.8. The lowest BCUT2D eigenvalue weighted by atomic mass is 10.2. The van der Waals surface area contributed by atoms with Gasteiger partial charge in [0, 0.05) is 17.1 Å². The zero-order valence-corrected chi connectivity index (χ0v) is 12.0. The maximum atomic E-state index is 10.8. The summed E-state index contributed by atoms with van der Waals surface area (Å²) in [5.41, 5.74) is 1.31. The molecule has 0 amide bonds. The molecule has 0 spiro atoms. The second-order valence-electron chi connectivity index (χ2n) is 4.84. The number of anilines is 3. The average Bonchev–Trinajstić information content (AvgIpc) is 2.52. The van der Waals surface area contributed by atoms with Gasteiger partial charge in [-0.15, -0.1) is 0 Å². The minimum absolute atomic E-state index is 0.125. The van der Waals surface area contributed by atoms with Crippen molar-refractivity contribution in [2.24, 2.45) is 0 Å². The molecular weight excluding hydrogens is 296 g/mol. The lowest BCUT2D eigenvalue weighted by Gasteiger charge is -2.11. The van der Waals surface area contributed by atoms with Crippen LogP contribution >= 0.6 is 0 Å². The fourth-order valence-electron chi connectivity index (χ4n) is 2.14. The molecule has 23 heavy (non-hydrogen) atoms. The largest absolute Gasteiger partial charge is 0.508 e. The van der Waals surface area contributed by atoms with Crippen molar-refractivity contribution in [2.45, 2.75) is 0 Å². The monoisotopic (exact) mass is 310 g/mol. The second-order valence-corrected chi connectivity index (χ2v) is 4.84. The quantitative estimate of drug-likeness (QED) is 0.573. The molecule has 7 heteroatoms. The van der Waals surface area contributed by atoms with E-state index in [-0.39, 0.29) is 12.3 Å². The van der Waals surface area contributed by atoms with E-state index in [0.29, 0.717) is 23.0 Å². The summed E-state index contributed by atoms with van der Waals surface area (Å²) in [5, 5.41) is 24.8. The lowest BCUT2D eigenvalue weighted by molar-refractivity contribution is -0.134. The Bertz CT molecular complexity index is 867. The first-order valence-electron chi connectivity index (χ1n) is 6.90. The van der Waals surface area contributed by atoms with Gasteiger partial charge in [-0.25, -0.2) is 4.98 Å². The Labute approximate surface area is 131 Å². The van der Waals surface area contributed by atoms with Gasteiger partial charge in [-0.3, -0.25) is 4.79 Å². The van der Waals surface area contributed by atoms with Gasteiger partial charge in [-0.05, 0) is 24.3 Å². The van der Waals surface area contributed by atoms with E-state index in [0.717, 1.165) is 5.39 Å². The molecule has 1 heterocycles. The molecule has 0 radical (unpaired) electrons. The predicted octanol–water partition coefficient (Wildman–Crippen LogP) is 2.58. The number of carboxylic acids is 1. The fourth-order valence-corrected chi connectivity index (χ4v) is 2.14. The number of aromatic hydroxyl groups is 1. The lowest BCUT2D eigenvalue weighted by Crippen LogP contribution is -2.14. The zero-order valence-electron chi connectivity index (χ0n) is 12.0. The molecule has 1 aromatic heterocycles. The summed E-state index contributed by atoms with van der Waals surface area (Å²) in [6.45, 7) is -0.243. The molecule has 0 aliphatic rings. The van der Waals surface area contributed by atoms with Crippen LogP contribution in [0, 0.1) is 0 Å². The molecule has 2 aromatic carbocycles. The number of hydrogen-bond donors (Lipinski definition) is 4. The molecule has 0 unspecified atom stereocenters. The number of phenols is 1. The number of aliphatic carboxylic acids is 1. The van der Waals surface area contributed by atoms with Crippen molar-refractivity contribution in [2.75, 3.05) is 17.2 Å². The van der Waals surface area contributed by atoms with Crippen LogP contribution in [0.15, 0.2) is 48.5 Å². The summed E-state index contributed by atoms with van der Waals surface area (Å²) < 4.78 is 0. The summed E-state index contributed by atoms with van der Waals surface area (Å²) in [6.07, 6.45) is 0. The summed E-state index contributed by atoms with van der Waals surface area (Å²) >= 11 is 0. The molecular formula is C16H14N4O3. The van der Waals surface area contributed by atoms with Crippen molar-refractivity contribution in [1.82, 2.24) is 9.97 Å². The topological polar surface area (TPSA) is 107 Å². The smallest absolute Gasteiger partial charge is 0.322 e. The molecule has 0 fully saturated rings. The molecule has 0 saturated heterocycles. The Morgan fingerprint density at radius 3 is 2.70 bits per heavy atom. The number of nitrogens with zero attached hydrogens (tertiary/aromatic N) is 2. The Balaban J connectivity index is 1.98. The number of hydrogen-bond acceptors (Lipinski definition) is 6. The highest BCUT2D eigenvalue weighted by atomic mass is 16.4. The molecule has 0 atom stereocenters. The first-order valence-corrected chi connectivity index (χ1v) is 6.90. The molecule has 3 aromatic rings. The standard InChI is InChI=1S/C16H14N4O3/c21-11-5-3-4-10(8-11)18-16-19-13-7-2-1-6-12(13)15(20-16)17-9-14(22)23/h1-8,21H,9H2,(H,22,23)(H2,17,18,19,20). The predicted molar refractivity (Wildman–Crippen MR) is 87.1 cm³/mol. The number of benzene rings is 2. The van der Waals surface area contributed by atoms with Crippen molar-refractivity contribution in [3.05, 3.63) is 48.5 Å².